The number of carbonyl (C=O) groups is 1. The number of carbonyl (C=O) groups excluding carboxylic acids is 1. The zero-order valence-corrected chi connectivity index (χ0v) is 18.7. The molecule has 2 aromatic carbocycles. The van der Waals surface area contributed by atoms with Gasteiger partial charge in [-0.15, -0.1) is 0 Å². The van der Waals surface area contributed by atoms with Gasteiger partial charge in [0.15, 0.2) is 0 Å². The van der Waals surface area contributed by atoms with Gasteiger partial charge >= 0.3 is 0 Å². The maximum Gasteiger partial charge on any atom is 0.253 e. The summed E-state index contributed by atoms with van der Waals surface area (Å²) in [5.41, 5.74) is 3.39. The third-order valence-corrected chi connectivity index (χ3v) is 7.32. The Morgan fingerprint density at radius 2 is 1.84 bits per heavy atom. The van der Waals surface area contributed by atoms with Crippen molar-refractivity contribution in [2.45, 2.75) is 39.2 Å². The molecule has 1 fully saturated rings. The van der Waals surface area contributed by atoms with E-state index in [-0.39, 0.29) is 17.7 Å². The molecule has 7 nitrogen and oxygen atoms in total. The first kappa shape index (κ1) is 21.5. The number of likely N-dealkylation sites (tertiary alicyclic amines) is 1. The highest BCUT2D eigenvalue weighted by Gasteiger charge is 2.26. The number of benzene rings is 2. The van der Waals surface area contributed by atoms with Crippen LogP contribution >= 0.6 is 0 Å². The molecule has 0 unspecified atom stereocenters. The van der Waals surface area contributed by atoms with E-state index < -0.39 is 10.0 Å². The van der Waals surface area contributed by atoms with E-state index in [0.29, 0.717) is 37.9 Å². The summed E-state index contributed by atoms with van der Waals surface area (Å²) in [4.78, 5) is 19.5. The predicted octanol–water partition coefficient (Wildman–Crippen LogP) is 3.27. The van der Waals surface area contributed by atoms with Crippen LogP contribution < -0.4 is 4.72 Å². The minimum Gasteiger partial charge on any atom is -0.339 e. The second-order valence-electron chi connectivity index (χ2n) is 8.04. The molecular formula is C23H28N4O3S. The van der Waals surface area contributed by atoms with Crippen LogP contribution in [0.15, 0.2) is 48.5 Å². The fraction of sp³-hybridized carbons (Fsp3) is 0.391. The molecule has 31 heavy (non-hydrogen) atoms. The first-order valence-electron chi connectivity index (χ1n) is 10.7. The molecule has 1 aromatic heterocycles. The van der Waals surface area contributed by atoms with Crippen molar-refractivity contribution in [1.82, 2.24) is 19.2 Å². The van der Waals surface area contributed by atoms with Crippen LogP contribution in [0.5, 0.6) is 0 Å². The van der Waals surface area contributed by atoms with E-state index in [4.69, 9.17) is 0 Å². The molecule has 1 amide bonds. The van der Waals surface area contributed by atoms with Gasteiger partial charge in [-0.1, -0.05) is 25.1 Å². The third kappa shape index (κ3) is 4.65. The molecule has 1 saturated heterocycles. The first-order chi connectivity index (χ1) is 14.9. The van der Waals surface area contributed by atoms with Gasteiger partial charge in [-0.25, -0.2) is 18.1 Å². The molecule has 4 rings (SSSR count). The maximum absolute atomic E-state index is 13.1. The van der Waals surface area contributed by atoms with Crippen molar-refractivity contribution in [1.29, 1.82) is 0 Å². The molecule has 1 N–H and O–H groups in total. The average molecular weight is 441 g/mol. The minimum atomic E-state index is -3.23. The van der Waals surface area contributed by atoms with Gasteiger partial charge in [0, 0.05) is 30.4 Å². The van der Waals surface area contributed by atoms with Crippen molar-refractivity contribution in [3.8, 4) is 5.69 Å². The summed E-state index contributed by atoms with van der Waals surface area (Å²) in [5, 5.41) is 0. The van der Waals surface area contributed by atoms with Crippen LogP contribution in [-0.4, -0.2) is 53.7 Å². The molecule has 0 saturated carbocycles. The van der Waals surface area contributed by atoms with Gasteiger partial charge < -0.3 is 4.90 Å². The summed E-state index contributed by atoms with van der Waals surface area (Å²) in [6, 6.07) is 15.6. The Hall–Kier alpha value is -2.71. The number of piperidine rings is 1. The van der Waals surface area contributed by atoms with E-state index in [1.807, 2.05) is 62.4 Å². The standard InChI is InChI=1S/C23H28N4O3S/c1-3-15-31(29,30)25-19-11-13-26(14-12-19)23(28)18-9-10-22-21(16-18)24-17(2)27(22)20-7-5-4-6-8-20/h4-10,16,19,25H,3,11-15H2,1-2H3. The van der Waals surface area contributed by atoms with Gasteiger partial charge in [0.1, 0.15) is 5.82 Å². The summed E-state index contributed by atoms with van der Waals surface area (Å²) in [7, 11) is -3.23. The highest BCUT2D eigenvalue weighted by Crippen LogP contribution is 2.23. The van der Waals surface area contributed by atoms with Gasteiger partial charge in [0.25, 0.3) is 5.91 Å². The maximum atomic E-state index is 13.1. The number of aryl methyl sites for hydroxylation is 1. The smallest absolute Gasteiger partial charge is 0.253 e. The van der Waals surface area contributed by atoms with Crippen molar-refractivity contribution in [2.24, 2.45) is 0 Å². The summed E-state index contributed by atoms with van der Waals surface area (Å²) >= 11 is 0. The fourth-order valence-corrected chi connectivity index (χ4v) is 5.60. The molecule has 0 aliphatic carbocycles. The summed E-state index contributed by atoms with van der Waals surface area (Å²) in [5.74, 6) is 0.968. The number of imidazole rings is 1. The second-order valence-corrected chi connectivity index (χ2v) is 9.91. The number of aromatic nitrogens is 2. The summed E-state index contributed by atoms with van der Waals surface area (Å²) in [6.45, 7) is 4.88. The Morgan fingerprint density at radius 3 is 2.52 bits per heavy atom. The monoisotopic (exact) mass is 440 g/mol. The average Bonchev–Trinajstić information content (AvgIpc) is 3.09. The molecule has 0 spiro atoms. The Labute approximate surface area is 183 Å². The lowest BCUT2D eigenvalue weighted by Gasteiger charge is -2.32. The third-order valence-electron chi connectivity index (χ3n) is 5.68. The zero-order valence-electron chi connectivity index (χ0n) is 17.9. The number of fused-ring (bicyclic) bond motifs is 1. The van der Waals surface area contributed by atoms with E-state index in [1.165, 1.54) is 0 Å². The van der Waals surface area contributed by atoms with E-state index in [1.54, 1.807) is 4.90 Å². The van der Waals surface area contributed by atoms with E-state index in [9.17, 15) is 13.2 Å². The molecule has 0 atom stereocenters. The van der Waals surface area contributed by atoms with Crippen LogP contribution in [0, 0.1) is 6.92 Å². The highest BCUT2D eigenvalue weighted by molar-refractivity contribution is 7.89. The quantitative estimate of drug-likeness (QED) is 0.638. The van der Waals surface area contributed by atoms with Crippen LogP contribution in [0.4, 0.5) is 0 Å². The number of para-hydroxylation sites is 1. The van der Waals surface area contributed by atoms with Gasteiger partial charge in [-0.05, 0) is 56.5 Å². The SMILES string of the molecule is CCCS(=O)(=O)NC1CCN(C(=O)c2ccc3c(c2)nc(C)n3-c2ccccc2)CC1. The lowest BCUT2D eigenvalue weighted by Crippen LogP contribution is -2.46. The Balaban J connectivity index is 1.48. The number of hydrogen-bond donors (Lipinski definition) is 1. The largest absolute Gasteiger partial charge is 0.339 e. The number of sulfonamides is 1. The molecule has 0 bridgehead atoms. The Morgan fingerprint density at radius 1 is 1.13 bits per heavy atom. The van der Waals surface area contributed by atoms with Gasteiger partial charge in [-0.2, -0.15) is 0 Å². The molecule has 1 aliphatic rings. The van der Waals surface area contributed by atoms with Crippen LogP contribution in [0.3, 0.4) is 0 Å². The topological polar surface area (TPSA) is 84.3 Å². The molecule has 3 aromatic rings. The minimum absolute atomic E-state index is 0.0383. The van der Waals surface area contributed by atoms with Crippen LogP contribution in [0.1, 0.15) is 42.4 Å². The second kappa shape index (κ2) is 8.80. The normalized spacial score (nSPS) is 15.5. The van der Waals surface area contributed by atoms with Crippen molar-refractivity contribution in [2.75, 3.05) is 18.8 Å². The Kier molecular flexibility index (Phi) is 6.11. The highest BCUT2D eigenvalue weighted by atomic mass is 32.2. The zero-order chi connectivity index (χ0) is 22.0. The predicted molar refractivity (Wildman–Crippen MR) is 122 cm³/mol. The fourth-order valence-electron chi connectivity index (χ4n) is 4.20. The summed E-state index contributed by atoms with van der Waals surface area (Å²) in [6.07, 6.45) is 1.84. The van der Waals surface area contributed by atoms with Gasteiger partial charge in [-0.3, -0.25) is 9.36 Å². The van der Waals surface area contributed by atoms with Gasteiger partial charge in [0.05, 0.1) is 16.8 Å². The molecular weight excluding hydrogens is 412 g/mol. The van der Waals surface area contributed by atoms with E-state index in [0.717, 1.165) is 22.5 Å². The summed E-state index contributed by atoms with van der Waals surface area (Å²) < 4.78 is 28.8. The van der Waals surface area contributed by atoms with Crippen molar-refractivity contribution in [3.63, 3.8) is 0 Å². The lowest BCUT2D eigenvalue weighted by atomic mass is 10.0. The number of amides is 1. The molecule has 8 heteroatoms. The lowest BCUT2D eigenvalue weighted by molar-refractivity contribution is 0.0711. The molecule has 1 aliphatic heterocycles. The molecule has 2 heterocycles. The molecule has 0 radical (unpaired) electrons. The number of nitrogens with one attached hydrogen (secondary N) is 1. The van der Waals surface area contributed by atoms with Crippen LogP contribution in [0.2, 0.25) is 0 Å². The van der Waals surface area contributed by atoms with Crippen LogP contribution in [-0.2, 0) is 10.0 Å². The van der Waals surface area contributed by atoms with E-state index in [2.05, 4.69) is 14.3 Å². The number of nitrogens with zero attached hydrogens (tertiary/aromatic N) is 3. The van der Waals surface area contributed by atoms with Crippen molar-refractivity contribution in [3.05, 3.63) is 59.9 Å². The van der Waals surface area contributed by atoms with Crippen molar-refractivity contribution < 1.29 is 13.2 Å². The number of hydrogen-bond acceptors (Lipinski definition) is 4. The Bertz CT molecular complexity index is 1180. The molecule has 164 valence electrons. The van der Waals surface area contributed by atoms with Gasteiger partial charge in [0.2, 0.25) is 10.0 Å². The first-order valence-corrected chi connectivity index (χ1v) is 12.4. The van der Waals surface area contributed by atoms with Crippen LogP contribution in [0.25, 0.3) is 16.7 Å². The van der Waals surface area contributed by atoms with Crippen molar-refractivity contribution >= 4 is 27.0 Å². The van der Waals surface area contributed by atoms with E-state index >= 15 is 0 Å². The number of rotatable bonds is 6.